The van der Waals surface area contributed by atoms with E-state index in [1.807, 2.05) is 51.2 Å². The van der Waals surface area contributed by atoms with Crippen LogP contribution in [0, 0.1) is 0 Å². The minimum absolute atomic E-state index is 0.188. The summed E-state index contributed by atoms with van der Waals surface area (Å²) in [4.78, 5) is 20.9. The Kier molecular flexibility index (Phi) is 5.33. The van der Waals surface area contributed by atoms with Crippen molar-refractivity contribution in [2.45, 2.75) is 46.1 Å². The van der Waals surface area contributed by atoms with Crippen molar-refractivity contribution in [3.63, 3.8) is 0 Å². The van der Waals surface area contributed by atoms with Gasteiger partial charge in [0.25, 0.3) is 0 Å². The van der Waals surface area contributed by atoms with Crippen LogP contribution < -0.4 is 16.4 Å². The smallest absolute Gasteiger partial charge is 0.324 e. The Balaban J connectivity index is 1.53. The standard InChI is InChI=1S/C23H27N7O2/c1-13(2)30-11-16(19-20(24)25-12-26-21(19)30)14-6-8-15(9-7-14)27-22(31)28-18-10-17(32-29-18)23(3,4)5/h6-13H,1-5H3,(H2,24,25,26)(H2,27,28,29,31). The van der Waals surface area contributed by atoms with Gasteiger partial charge in [-0.25, -0.2) is 14.8 Å². The van der Waals surface area contributed by atoms with Crippen LogP contribution in [0.1, 0.15) is 46.4 Å². The second kappa shape index (κ2) is 7.99. The van der Waals surface area contributed by atoms with Gasteiger partial charge >= 0.3 is 6.03 Å². The minimum Gasteiger partial charge on any atom is -0.383 e. The number of amides is 2. The molecule has 32 heavy (non-hydrogen) atoms. The number of rotatable bonds is 4. The van der Waals surface area contributed by atoms with E-state index in [-0.39, 0.29) is 11.5 Å². The third kappa shape index (κ3) is 4.14. The van der Waals surface area contributed by atoms with Gasteiger partial charge in [0, 0.05) is 35.0 Å². The summed E-state index contributed by atoms with van der Waals surface area (Å²) in [6.45, 7) is 10.2. The number of aromatic nitrogens is 4. The molecule has 166 valence electrons. The Morgan fingerprint density at radius 1 is 1.12 bits per heavy atom. The van der Waals surface area contributed by atoms with Gasteiger partial charge < -0.3 is 20.1 Å². The molecule has 0 saturated heterocycles. The van der Waals surface area contributed by atoms with Crippen LogP contribution >= 0.6 is 0 Å². The van der Waals surface area contributed by atoms with E-state index in [4.69, 9.17) is 10.3 Å². The third-order valence-corrected chi connectivity index (χ3v) is 5.14. The Morgan fingerprint density at radius 3 is 2.47 bits per heavy atom. The number of urea groups is 1. The number of carbonyl (C=O) groups excluding carboxylic acids is 1. The molecule has 9 heteroatoms. The lowest BCUT2D eigenvalue weighted by atomic mass is 9.93. The summed E-state index contributed by atoms with van der Waals surface area (Å²) < 4.78 is 7.37. The fraction of sp³-hybridized carbons (Fsp3) is 0.304. The highest BCUT2D eigenvalue weighted by atomic mass is 16.5. The van der Waals surface area contributed by atoms with E-state index in [0.717, 1.165) is 22.2 Å². The summed E-state index contributed by atoms with van der Waals surface area (Å²) in [5, 5.41) is 10.2. The Bertz CT molecular complexity index is 1260. The van der Waals surface area contributed by atoms with Crippen molar-refractivity contribution in [2.75, 3.05) is 16.4 Å². The van der Waals surface area contributed by atoms with Gasteiger partial charge in [0.2, 0.25) is 0 Å². The van der Waals surface area contributed by atoms with Gasteiger partial charge in [-0.05, 0) is 31.5 Å². The second-order valence-corrected chi connectivity index (χ2v) is 8.98. The van der Waals surface area contributed by atoms with E-state index in [9.17, 15) is 4.79 Å². The molecular formula is C23H27N7O2. The van der Waals surface area contributed by atoms with Crippen LogP contribution in [0.4, 0.5) is 22.1 Å². The van der Waals surface area contributed by atoms with E-state index in [2.05, 4.69) is 44.2 Å². The van der Waals surface area contributed by atoms with E-state index in [1.165, 1.54) is 6.33 Å². The van der Waals surface area contributed by atoms with Crippen LogP contribution in [0.2, 0.25) is 0 Å². The van der Waals surface area contributed by atoms with Crippen LogP contribution in [0.5, 0.6) is 0 Å². The average molecular weight is 434 g/mol. The lowest BCUT2D eigenvalue weighted by molar-refractivity contribution is 0.262. The van der Waals surface area contributed by atoms with Crippen molar-refractivity contribution in [1.82, 2.24) is 19.7 Å². The Labute approximate surface area is 186 Å². The molecule has 9 nitrogen and oxygen atoms in total. The zero-order valence-corrected chi connectivity index (χ0v) is 18.8. The van der Waals surface area contributed by atoms with Crippen molar-refractivity contribution in [3.8, 4) is 11.1 Å². The predicted octanol–water partition coefficient (Wildman–Crippen LogP) is 5.19. The zero-order chi connectivity index (χ0) is 23.0. The predicted molar refractivity (Wildman–Crippen MR) is 126 cm³/mol. The van der Waals surface area contributed by atoms with E-state index < -0.39 is 6.03 Å². The molecule has 4 rings (SSSR count). The molecule has 0 aliphatic carbocycles. The first kappa shape index (κ1) is 21.4. The third-order valence-electron chi connectivity index (χ3n) is 5.14. The Morgan fingerprint density at radius 2 is 1.84 bits per heavy atom. The summed E-state index contributed by atoms with van der Waals surface area (Å²) in [6.07, 6.45) is 3.51. The summed E-state index contributed by atoms with van der Waals surface area (Å²) in [5.74, 6) is 1.50. The molecule has 0 aliphatic rings. The average Bonchev–Trinajstić information content (AvgIpc) is 3.34. The maximum Gasteiger partial charge on any atom is 0.324 e. The van der Waals surface area contributed by atoms with Crippen molar-refractivity contribution in [2.24, 2.45) is 0 Å². The summed E-state index contributed by atoms with van der Waals surface area (Å²) in [6, 6.07) is 9.05. The van der Waals surface area contributed by atoms with Crippen LogP contribution in [0.25, 0.3) is 22.2 Å². The molecule has 0 aliphatic heterocycles. The van der Waals surface area contributed by atoms with Crippen molar-refractivity contribution >= 4 is 34.4 Å². The van der Waals surface area contributed by atoms with Crippen molar-refractivity contribution < 1.29 is 9.32 Å². The summed E-state index contributed by atoms with van der Waals surface area (Å²) in [7, 11) is 0. The van der Waals surface area contributed by atoms with Gasteiger partial charge in [-0.1, -0.05) is 38.1 Å². The number of nitrogens with one attached hydrogen (secondary N) is 2. The highest BCUT2D eigenvalue weighted by Gasteiger charge is 2.20. The molecule has 0 bridgehead atoms. The number of nitrogens with two attached hydrogens (primary N) is 1. The molecular weight excluding hydrogens is 406 g/mol. The molecule has 0 unspecified atom stereocenters. The molecule has 0 fully saturated rings. The Hall–Kier alpha value is -3.88. The van der Waals surface area contributed by atoms with E-state index in [1.54, 1.807) is 6.07 Å². The van der Waals surface area contributed by atoms with Crippen LogP contribution in [0.15, 0.2) is 47.4 Å². The first-order chi connectivity index (χ1) is 15.1. The van der Waals surface area contributed by atoms with Gasteiger partial charge in [0.1, 0.15) is 23.6 Å². The number of hydrogen-bond acceptors (Lipinski definition) is 6. The van der Waals surface area contributed by atoms with Gasteiger partial charge in [-0.2, -0.15) is 0 Å². The van der Waals surface area contributed by atoms with E-state index in [0.29, 0.717) is 23.1 Å². The van der Waals surface area contributed by atoms with Gasteiger partial charge in [0.15, 0.2) is 5.82 Å². The highest BCUT2D eigenvalue weighted by Crippen LogP contribution is 2.34. The molecule has 1 aromatic carbocycles. The van der Waals surface area contributed by atoms with Crippen LogP contribution in [-0.4, -0.2) is 25.7 Å². The zero-order valence-electron chi connectivity index (χ0n) is 18.8. The molecule has 0 spiro atoms. The lowest BCUT2D eigenvalue weighted by Gasteiger charge is -2.12. The second-order valence-electron chi connectivity index (χ2n) is 8.98. The lowest BCUT2D eigenvalue weighted by Crippen LogP contribution is -2.19. The fourth-order valence-corrected chi connectivity index (χ4v) is 3.42. The topological polar surface area (TPSA) is 124 Å². The largest absolute Gasteiger partial charge is 0.383 e. The maximum absolute atomic E-state index is 12.4. The molecule has 4 aromatic rings. The van der Waals surface area contributed by atoms with Crippen molar-refractivity contribution in [1.29, 1.82) is 0 Å². The van der Waals surface area contributed by atoms with Crippen LogP contribution in [0.3, 0.4) is 0 Å². The molecule has 0 atom stereocenters. The number of carbonyl (C=O) groups is 1. The molecule has 2 amide bonds. The number of hydrogen-bond donors (Lipinski definition) is 3. The SMILES string of the molecule is CC(C)n1cc(-c2ccc(NC(=O)Nc3cc(C(C)(C)C)on3)cc2)c2c(N)ncnc21. The number of nitrogens with zero attached hydrogens (tertiary/aromatic N) is 4. The molecule has 3 aromatic heterocycles. The minimum atomic E-state index is -0.402. The van der Waals surface area contributed by atoms with Gasteiger partial charge in [-0.15, -0.1) is 0 Å². The van der Waals surface area contributed by atoms with Crippen molar-refractivity contribution in [3.05, 3.63) is 48.6 Å². The van der Waals surface area contributed by atoms with E-state index >= 15 is 0 Å². The highest BCUT2D eigenvalue weighted by molar-refractivity contribution is 6.02. The quantitative estimate of drug-likeness (QED) is 0.407. The molecule has 0 saturated carbocycles. The first-order valence-corrected chi connectivity index (χ1v) is 10.4. The summed E-state index contributed by atoms with van der Waals surface area (Å²) in [5.41, 5.74) is 9.31. The van der Waals surface area contributed by atoms with Gasteiger partial charge in [-0.3, -0.25) is 5.32 Å². The number of nitrogen functional groups attached to an aromatic ring is 1. The number of benzene rings is 1. The monoisotopic (exact) mass is 433 g/mol. The molecule has 4 N–H and O–H groups in total. The molecule has 3 heterocycles. The summed E-state index contributed by atoms with van der Waals surface area (Å²) >= 11 is 0. The van der Waals surface area contributed by atoms with Crippen LogP contribution in [-0.2, 0) is 5.41 Å². The normalized spacial score (nSPS) is 11.8. The molecule has 0 radical (unpaired) electrons. The number of anilines is 3. The van der Waals surface area contributed by atoms with Gasteiger partial charge in [0.05, 0.1) is 5.39 Å². The first-order valence-electron chi connectivity index (χ1n) is 10.4. The fourth-order valence-electron chi connectivity index (χ4n) is 3.42. The maximum atomic E-state index is 12.4. The number of fused-ring (bicyclic) bond motifs is 1.